The van der Waals surface area contributed by atoms with E-state index in [0.717, 1.165) is 28.5 Å². The molecule has 4 aromatic rings. The molecule has 0 aliphatic heterocycles. The van der Waals surface area contributed by atoms with Gasteiger partial charge >= 0.3 is 0 Å². The molecule has 0 fully saturated rings. The van der Waals surface area contributed by atoms with E-state index in [1.807, 2.05) is 85.4 Å². The number of amides is 1. The molecule has 6 nitrogen and oxygen atoms in total. The Kier molecular flexibility index (Phi) is 5.99. The number of benzene rings is 2. The van der Waals surface area contributed by atoms with E-state index in [2.05, 4.69) is 26.1 Å². The first-order valence-electron chi connectivity index (χ1n) is 9.69. The number of rotatable bonds is 7. The Hall–Kier alpha value is -3.32. The number of aromatic nitrogens is 4. The summed E-state index contributed by atoms with van der Waals surface area (Å²) >= 11 is 1.38. The van der Waals surface area contributed by atoms with Gasteiger partial charge in [0.05, 0.1) is 5.75 Å². The summed E-state index contributed by atoms with van der Waals surface area (Å²) in [6.45, 7) is 2.00. The van der Waals surface area contributed by atoms with Crippen LogP contribution in [-0.4, -0.2) is 31.0 Å². The number of hydrogen-bond acceptors (Lipinski definition) is 4. The van der Waals surface area contributed by atoms with Crippen LogP contribution in [-0.2, 0) is 18.3 Å². The number of carbonyl (C=O) groups is 1. The normalized spacial score (nSPS) is 10.9. The highest BCUT2D eigenvalue weighted by Gasteiger charge is 2.17. The van der Waals surface area contributed by atoms with Gasteiger partial charge in [0.15, 0.2) is 5.16 Å². The van der Waals surface area contributed by atoms with Gasteiger partial charge in [-0.3, -0.25) is 9.36 Å². The number of aryl methyl sites for hydroxylation is 2. The fourth-order valence-electron chi connectivity index (χ4n) is 3.24. The predicted molar refractivity (Wildman–Crippen MR) is 120 cm³/mol. The summed E-state index contributed by atoms with van der Waals surface area (Å²) in [7, 11) is 2.02. The number of para-hydroxylation sites is 1. The van der Waals surface area contributed by atoms with Crippen LogP contribution in [0.2, 0.25) is 0 Å². The topological polar surface area (TPSA) is 64.7 Å². The fraction of sp³-hybridized carbons (Fsp3) is 0.174. The largest absolute Gasteiger partial charge is 0.354 e. The van der Waals surface area contributed by atoms with Gasteiger partial charge in [0, 0.05) is 36.7 Å². The average molecular weight is 418 g/mol. The van der Waals surface area contributed by atoms with Gasteiger partial charge in [-0.05, 0) is 48.9 Å². The summed E-state index contributed by atoms with van der Waals surface area (Å²) in [4.78, 5) is 12.5. The first-order chi connectivity index (χ1) is 14.6. The molecule has 4 rings (SSSR count). The van der Waals surface area contributed by atoms with Crippen molar-refractivity contribution in [1.29, 1.82) is 0 Å². The molecule has 7 heteroatoms. The molecule has 1 N–H and O–H groups in total. The summed E-state index contributed by atoms with van der Waals surface area (Å²) < 4.78 is 4.10. The van der Waals surface area contributed by atoms with Crippen LogP contribution < -0.4 is 5.32 Å². The minimum atomic E-state index is -0.0720. The van der Waals surface area contributed by atoms with Gasteiger partial charge in [-0.15, -0.1) is 10.2 Å². The second kappa shape index (κ2) is 9.00. The van der Waals surface area contributed by atoms with Crippen molar-refractivity contribution in [2.24, 2.45) is 7.05 Å². The Morgan fingerprint density at radius 2 is 1.87 bits per heavy atom. The summed E-state index contributed by atoms with van der Waals surface area (Å²) in [6, 6.07) is 21.9. The molecule has 0 bridgehead atoms. The Bertz CT molecular complexity index is 1150. The minimum absolute atomic E-state index is 0.0720. The summed E-state index contributed by atoms with van der Waals surface area (Å²) in [5, 5.41) is 12.5. The van der Waals surface area contributed by atoms with Gasteiger partial charge in [-0.1, -0.05) is 42.1 Å². The maximum atomic E-state index is 12.5. The SMILES string of the molecule is Cc1cccc(NC(=O)CSc2nnc(Cc3cccn3C)n2-c2ccccc2)c1. The van der Waals surface area contributed by atoms with Crippen molar-refractivity contribution in [3.05, 3.63) is 90.0 Å². The van der Waals surface area contributed by atoms with E-state index in [-0.39, 0.29) is 11.7 Å². The third-order valence-electron chi connectivity index (χ3n) is 4.74. The van der Waals surface area contributed by atoms with E-state index in [1.165, 1.54) is 11.8 Å². The van der Waals surface area contributed by atoms with Crippen LogP contribution in [0.5, 0.6) is 0 Å². The molecule has 30 heavy (non-hydrogen) atoms. The minimum Gasteiger partial charge on any atom is -0.354 e. The lowest BCUT2D eigenvalue weighted by Crippen LogP contribution is -2.14. The van der Waals surface area contributed by atoms with E-state index in [1.54, 1.807) is 0 Å². The monoisotopic (exact) mass is 417 g/mol. The molecule has 0 unspecified atom stereocenters. The van der Waals surface area contributed by atoms with Gasteiger partial charge < -0.3 is 9.88 Å². The van der Waals surface area contributed by atoms with Crippen molar-refractivity contribution in [3.8, 4) is 5.69 Å². The summed E-state index contributed by atoms with van der Waals surface area (Å²) in [6.07, 6.45) is 2.67. The molecule has 0 radical (unpaired) electrons. The van der Waals surface area contributed by atoms with Crippen molar-refractivity contribution in [2.45, 2.75) is 18.5 Å². The van der Waals surface area contributed by atoms with Crippen LogP contribution in [0.1, 0.15) is 17.1 Å². The highest BCUT2D eigenvalue weighted by atomic mass is 32.2. The summed E-state index contributed by atoms with van der Waals surface area (Å²) in [5.41, 5.74) is 4.03. The smallest absolute Gasteiger partial charge is 0.234 e. The van der Waals surface area contributed by atoms with E-state index in [9.17, 15) is 4.79 Å². The van der Waals surface area contributed by atoms with Gasteiger partial charge in [-0.25, -0.2) is 0 Å². The molecule has 0 saturated heterocycles. The van der Waals surface area contributed by atoms with E-state index < -0.39 is 0 Å². The van der Waals surface area contributed by atoms with Crippen molar-refractivity contribution >= 4 is 23.4 Å². The summed E-state index contributed by atoms with van der Waals surface area (Å²) in [5.74, 6) is 1.02. The number of carbonyl (C=O) groups excluding carboxylic acids is 1. The van der Waals surface area contributed by atoms with Gasteiger partial charge in [0.1, 0.15) is 5.82 Å². The third kappa shape index (κ3) is 4.63. The molecule has 0 atom stereocenters. The van der Waals surface area contributed by atoms with E-state index >= 15 is 0 Å². The zero-order chi connectivity index (χ0) is 20.9. The molecule has 0 aliphatic carbocycles. The lowest BCUT2D eigenvalue weighted by molar-refractivity contribution is -0.113. The number of hydrogen-bond donors (Lipinski definition) is 1. The molecule has 0 spiro atoms. The maximum absolute atomic E-state index is 12.5. The van der Waals surface area contributed by atoms with Crippen LogP contribution >= 0.6 is 11.8 Å². The number of thioether (sulfide) groups is 1. The molecule has 0 aliphatic rings. The van der Waals surface area contributed by atoms with Crippen molar-refractivity contribution in [3.63, 3.8) is 0 Å². The lowest BCUT2D eigenvalue weighted by atomic mass is 10.2. The molecule has 152 valence electrons. The standard InChI is InChI=1S/C23H23N5OS/c1-17-8-6-9-18(14-17)24-22(29)16-30-23-26-25-21(15-20-12-7-13-27(20)2)28(23)19-10-4-3-5-11-19/h3-14H,15-16H2,1-2H3,(H,24,29). The molecule has 1 amide bonds. The molecule has 2 aromatic carbocycles. The molecular formula is C23H23N5OS. The third-order valence-corrected chi connectivity index (χ3v) is 5.67. The second-order valence-electron chi connectivity index (χ2n) is 7.06. The maximum Gasteiger partial charge on any atom is 0.234 e. The number of nitrogens with one attached hydrogen (secondary N) is 1. The van der Waals surface area contributed by atoms with Gasteiger partial charge in [0.2, 0.25) is 5.91 Å². The van der Waals surface area contributed by atoms with Crippen molar-refractivity contribution in [2.75, 3.05) is 11.1 Å². The Labute approximate surface area is 180 Å². The molecule has 2 heterocycles. The highest BCUT2D eigenvalue weighted by Crippen LogP contribution is 2.24. The molecule has 0 saturated carbocycles. The zero-order valence-electron chi connectivity index (χ0n) is 16.9. The van der Waals surface area contributed by atoms with E-state index in [0.29, 0.717) is 11.6 Å². The van der Waals surface area contributed by atoms with E-state index in [4.69, 9.17) is 0 Å². The van der Waals surface area contributed by atoms with Crippen LogP contribution in [0.25, 0.3) is 5.69 Å². The van der Waals surface area contributed by atoms with Crippen LogP contribution in [0.4, 0.5) is 5.69 Å². The van der Waals surface area contributed by atoms with Crippen LogP contribution in [0.15, 0.2) is 78.1 Å². The first kappa shape index (κ1) is 20.0. The zero-order valence-corrected chi connectivity index (χ0v) is 17.8. The average Bonchev–Trinajstić information content (AvgIpc) is 3.33. The lowest BCUT2D eigenvalue weighted by Gasteiger charge is -2.11. The fourth-order valence-corrected chi connectivity index (χ4v) is 4.01. The predicted octanol–water partition coefficient (Wildman–Crippen LogP) is 4.24. The molecular weight excluding hydrogens is 394 g/mol. The van der Waals surface area contributed by atoms with Crippen molar-refractivity contribution < 1.29 is 4.79 Å². The molecule has 2 aromatic heterocycles. The first-order valence-corrected chi connectivity index (χ1v) is 10.7. The van der Waals surface area contributed by atoms with Gasteiger partial charge in [0.25, 0.3) is 0 Å². The Morgan fingerprint density at radius 1 is 1.03 bits per heavy atom. The number of anilines is 1. The van der Waals surface area contributed by atoms with Gasteiger partial charge in [-0.2, -0.15) is 0 Å². The second-order valence-corrected chi connectivity index (χ2v) is 8.01. The highest BCUT2D eigenvalue weighted by molar-refractivity contribution is 7.99. The van der Waals surface area contributed by atoms with Crippen LogP contribution in [0, 0.1) is 6.92 Å². The quantitative estimate of drug-likeness (QED) is 0.457. The Morgan fingerprint density at radius 3 is 2.60 bits per heavy atom. The van der Waals surface area contributed by atoms with Crippen LogP contribution in [0.3, 0.4) is 0 Å². The van der Waals surface area contributed by atoms with Crippen molar-refractivity contribution in [1.82, 2.24) is 19.3 Å². The number of nitrogens with zero attached hydrogens (tertiary/aromatic N) is 4. The Balaban J connectivity index is 1.54.